The number of aliphatic hydroxyl groups excluding tert-OH is 1. The van der Waals surface area contributed by atoms with Gasteiger partial charge in [-0.2, -0.15) is 0 Å². The molecule has 0 bridgehead atoms. The summed E-state index contributed by atoms with van der Waals surface area (Å²) in [7, 11) is 2.86. The predicted molar refractivity (Wildman–Crippen MR) is 144 cm³/mol. The molecule has 18 heteroatoms. The minimum Gasteiger partial charge on any atom is -0.497 e. The van der Waals surface area contributed by atoms with Crippen molar-refractivity contribution in [1.82, 2.24) is 9.36 Å². The second kappa shape index (κ2) is 12.6. The number of aliphatic hydroxyl groups is 1. The molecule has 228 valence electrons. The molecule has 1 aliphatic rings. The smallest absolute Gasteiger partial charge is 0.435 e. The summed E-state index contributed by atoms with van der Waals surface area (Å²) in [6, 6.07) is 11.7. The van der Waals surface area contributed by atoms with Gasteiger partial charge in [-0.1, -0.05) is 20.9 Å². The number of halogens is 5. The highest BCUT2D eigenvalue weighted by Gasteiger charge is 2.63. The Morgan fingerprint density at radius 2 is 1.50 bits per heavy atom. The summed E-state index contributed by atoms with van der Waals surface area (Å²) in [6.45, 7) is -5.48. The molecule has 1 N–H and O–H groups in total. The molecule has 3 aromatic rings. The first-order chi connectivity index (χ1) is 19.8. The van der Waals surface area contributed by atoms with E-state index in [4.69, 9.17) is 51.2 Å². The van der Waals surface area contributed by atoms with Crippen molar-refractivity contribution in [2.45, 2.75) is 30.5 Å². The zero-order valence-electron chi connectivity index (χ0n) is 21.6. The fraction of sp³-hybridized carbons (Fsp3) is 0.333. The molecule has 2 heterocycles. The molecule has 42 heavy (non-hydrogen) atoms. The van der Waals surface area contributed by atoms with Crippen LogP contribution in [-0.4, -0.2) is 59.6 Å². The molecule has 1 aliphatic heterocycles. The molecule has 0 saturated carbocycles. The van der Waals surface area contributed by atoms with Crippen LogP contribution in [0.4, 0.5) is 17.7 Å². The van der Waals surface area contributed by atoms with Gasteiger partial charge in [0.05, 0.1) is 20.8 Å². The van der Waals surface area contributed by atoms with Crippen molar-refractivity contribution in [2.24, 2.45) is 0 Å². The lowest BCUT2D eigenvalue weighted by molar-refractivity contribution is -0.183. The topological polar surface area (TPSA) is 120 Å². The fourth-order valence-corrected chi connectivity index (χ4v) is 5.96. The molecule has 2 aromatic carbocycles. The average Bonchev–Trinajstić information content (AvgIpc) is 3.24. The zero-order valence-corrected chi connectivity index (χ0v) is 24.0. The van der Waals surface area contributed by atoms with Crippen molar-refractivity contribution in [3.05, 3.63) is 80.6 Å². The lowest BCUT2D eigenvalue weighted by Crippen LogP contribution is -2.50. The fourth-order valence-electron chi connectivity index (χ4n) is 3.84. The molecule has 0 radical (unpaired) electrons. The minimum atomic E-state index is -4.12. The highest BCUT2D eigenvalue weighted by atomic mass is 35.5. The maximum Gasteiger partial charge on any atom is 0.435 e. The van der Waals surface area contributed by atoms with Crippen molar-refractivity contribution >= 4 is 30.1 Å². The van der Waals surface area contributed by atoms with Gasteiger partial charge in [0.25, 0.3) is 6.43 Å². The van der Waals surface area contributed by atoms with Crippen LogP contribution >= 0.6 is 18.3 Å². The van der Waals surface area contributed by atoms with E-state index in [0.29, 0.717) is 17.7 Å². The maximum atomic E-state index is 15.5. The highest BCUT2D eigenvalue weighted by Crippen LogP contribution is 2.53. The molecule has 1 saturated heterocycles. The summed E-state index contributed by atoms with van der Waals surface area (Å²) in [5.74, 6) is 1.07. The minimum absolute atomic E-state index is 0.0761. The van der Waals surface area contributed by atoms with Crippen molar-refractivity contribution in [2.75, 3.05) is 20.8 Å². The number of nitrogens with zero attached hydrogens (tertiary/aromatic N) is 2. The molecule has 4 atom stereocenters. The van der Waals surface area contributed by atoms with Crippen LogP contribution in [0, 0.1) is 0 Å². The van der Waals surface area contributed by atoms with Gasteiger partial charge < -0.3 is 28.4 Å². The molecule has 4 rings (SSSR count). The number of hydrogen-bond acceptors (Lipinski definition) is 10. The van der Waals surface area contributed by atoms with Crippen LogP contribution in [0.5, 0.6) is 23.0 Å². The van der Waals surface area contributed by atoms with E-state index in [0.717, 1.165) is 0 Å². The number of hydrogen-bond donors (Lipinski definition) is 1. The first-order valence-corrected chi connectivity index (χ1v) is 14.7. The predicted octanol–water partition coefficient (Wildman–Crippen LogP) is 4.04. The van der Waals surface area contributed by atoms with E-state index in [-0.39, 0.29) is 16.1 Å². The van der Waals surface area contributed by atoms with E-state index >= 15 is 4.39 Å². The number of ether oxygens (including phenoxy) is 3. The Morgan fingerprint density at radius 3 is 1.95 bits per heavy atom. The van der Waals surface area contributed by atoms with Crippen LogP contribution in [0.15, 0.2) is 64.3 Å². The zero-order chi connectivity index (χ0) is 30.8. The number of benzene rings is 2. The third-order valence-corrected chi connectivity index (χ3v) is 8.40. The first-order valence-electron chi connectivity index (χ1n) is 11.7. The second-order valence-corrected chi connectivity index (χ2v) is 11.9. The average molecular weight is 657 g/mol. The number of methoxy groups -OCH3 is 2. The Kier molecular flexibility index (Phi) is 9.55. The van der Waals surface area contributed by atoms with Gasteiger partial charge in [0, 0.05) is 18.0 Å². The summed E-state index contributed by atoms with van der Waals surface area (Å²) in [5.41, 5.74) is -6.58. The van der Waals surface area contributed by atoms with Gasteiger partial charge in [0.15, 0.2) is 18.0 Å². The van der Waals surface area contributed by atoms with Crippen LogP contribution in [-0.2, 0) is 21.1 Å². The summed E-state index contributed by atoms with van der Waals surface area (Å²) in [6.07, 6.45) is -10.8. The largest absolute Gasteiger partial charge is 0.497 e. The van der Waals surface area contributed by atoms with Crippen molar-refractivity contribution in [1.29, 1.82) is 0 Å². The second-order valence-electron chi connectivity index (χ2n) is 8.66. The quantitative estimate of drug-likeness (QED) is 0.239. The van der Waals surface area contributed by atoms with Crippen molar-refractivity contribution in [3.63, 3.8) is 0 Å². The molecule has 0 aliphatic carbocycles. The lowest BCUT2D eigenvalue weighted by atomic mass is 9.98. The van der Waals surface area contributed by atoms with E-state index in [2.05, 4.69) is 0 Å². The molecule has 1 aromatic heterocycles. The van der Waals surface area contributed by atoms with E-state index in [9.17, 15) is 28.0 Å². The Morgan fingerprint density at radius 1 is 1.02 bits per heavy atom. The van der Waals surface area contributed by atoms with Gasteiger partial charge >= 0.3 is 18.0 Å². The van der Waals surface area contributed by atoms with Crippen LogP contribution in [0.1, 0.15) is 6.23 Å². The SMILES string of the molecule is COc1ccc(OP(=S)(OC[C@@]2(C(F)F)O[C@@H](n3cc(Cl)c(=O)n(F)c3=O)[C@@H](O)[C@@H]2F)Oc2ccc(OC)cc2)cc1. The summed E-state index contributed by atoms with van der Waals surface area (Å²) >= 11 is 11.1. The van der Waals surface area contributed by atoms with E-state index < -0.39 is 64.9 Å². The first kappa shape index (κ1) is 31.8. The molecule has 1 fully saturated rings. The number of aromatic nitrogens is 2. The maximum absolute atomic E-state index is 15.5. The molecular weight excluding hydrogens is 635 g/mol. The van der Waals surface area contributed by atoms with Gasteiger partial charge in [-0.3, -0.25) is 13.9 Å². The van der Waals surface area contributed by atoms with Crippen molar-refractivity contribution < 1.29 is 50.5 Å². The standard InChI is InChI=1S/C24H22ClF4N2O9PS/c1-35-13-3-7-15(8-4-13)39-41(42,40-16-9-5-14(36-2)6-10-16)37-12-24(22(27)28)19(26)18(32)21(38-24)30-11-17(25)20(33)31(29)23(30)34/h3-11,18-19,21-22,32H,12H2,1-2H3/t18-,19-,21+,24+/m0/s1. The molecule has 0 unspecified atom stereocenters. The molecule has 0 amide bonds. The Balaban J connectivity index is 1.67. The summed E-state index contributed by atoms with van der Waals surface area (Å²) < 4.78 is 90.9. The monoisotopic (exact) mass is 656 g/mol. The van der Waals surface area contributed by atoms with Gasteiger partial charge in [0.1, 0.15) is 34.1 Å². The number of rotatable bonds is 11. The van der Waals surface area contributed by atoms with E-state index in [1.807, 2.05) is 0 Å². The number of alkyl halides is 3. The third-order valence-electron chi connectivity index (χ3n) is 6.07. The van der Waals surface area contributed by atoms with E-state index in [1.54, 1.807) is 0 Å². The third kappa shape index (κ3) is 6.28. The summed E-state index contributed by atoms with van der Waals surface area (Å²) in [5, 5.41) is 9.59. The van der Waals surface area contributed by atoms with Crippen LogP contribution < -0.4 is 29.8 Å². The molecule has 0 spiro atoms. The Labute approximate surface area is 244 Å². The van der Waals surface area contributed by atoms with Crippen LogP contribution in [0.2, 0.25) is 5.02 Å². The van der Waals surface area contributed by atoms with Crippen LogP contribution in [0.25, 0.3) is 0 Å². The van der Waals surface area contributed by atoms with E-state index in [1.165, 1.54) is 62.8 Å². The lowest BCUT2D eigenvalue weighted by Gasteiger charge is -2.32. The van der Waals surface area contributed by atoms with Gasteiger partial charge in [-0.05, 0) is 48.5 Å². The van der Waals surface area contributed by atoms with Gasteiger partial charge in [0.2, 0.25) is 0 Å². The normalized spacial score (nSPS) is 22.3. The Hall–Kier alpha value is -3.14. The van der Waals surface area contributed by atoms with Crippen molar-refractivity contribution in [3.8, 4) is 23.0 Å². The van der Waals surface area contributed by atoms with Crippen LogP contribution in [0.3, 0.4) is 0 Å². The van der Waals surface area contributed by atoms with Gasteiger partial charge in [-0.25, -0.2) is 18.0 Å². The summed E-state index contributed by atoms with van der Waals surface area (Å²) in [4.78, 5) is 22.9. The Bertz CT molecular complexity index is 1520. The molecular formula is C24H22ClF4N2O9PS. The highest BCUT2D eigenvalue weighted by molar-refractivity contribution is 8.07. The van der Waals surface area contributed by atoms with Gasteiger partial charge in [-0.15, -0.1) is 0 Å². The molecule has 11 nitrogen and oxygen atoms in total.